The summed E-state index contributed by atoms with van der Waals surface area (Å²) >= 11 is 0. The van der Waals surface area contributed by atoms with Crippen LogP contribution in [0.2, 0.25) is 0 Å². The van der Waals surface area contributed by atoms with E-state index >= 15 is 0 Å². The molecule has 2 unspecified atom stereocenters. The normalized spacial score (nSPS) is 32.4. The molecule has 4 nitrogen and oxygen atoms in total. The summed E-state index contributed by atoms with van der Waals surface area (Å²) in [5.74, 6) is 0. The van der Waals surface area contributed by atoms with Crippen LogP contribution in [0.5, 0.6) is 0 Å². The molecule has 1 N–H and O–H groups in total. The SMILES string of the molecule is CC1CC(O)(Cc2cnn(C)c2)CN1C. The van der Waals surface area contributed by atoms with Gasteiger partial charge in [-0.2, -0.15) is 5.10 Å². The minimum Gasteiger partial charge on any atom is -0.388 e. The first-order valence-electron chi connectivity index (χ1n) is 5.39. The van der Waals surface area contributed by atoms with Crippen molar-refractivity contribution in [3.63, 3.8) is 0 Å². The van der Waals surface area contributed by atoms with Crippen LogP contribution in [0.4, 0.5) is 0 Å². The third-order valence-electron chi connectivity index (χ3n) is 3.26. The maximum Gasteiger partial charge on any atom is 0.0830 e. The molecule has 0 aliphatic carbocycles. The summed E-state index contributed by atoms with van der Waals surface area (Å²) in [5.41, 5.74) is 0.541. The second-order valence-corrected chi connectivity index (χ2v) is 4.89. The van der Waals surface area contributed by atoms with E-state index in [1.165, 1.54) is 0 Å². The van der Waals surface area contributed by atoms with Gasteiger partial charge in [-0.15, -0.1) is 0 Å². The van der Waals surface area contributed by atoms with Gasteiger partial charge in [0.1, 0.15) is 0 Å². The number of aryl methyl sites for hydroxylation is 1. The second kappa shape index (κ2) is 3.61. The largest absolute Gasteiger partial charge is 0.388 e. The molecular formula is C11H19N3O. The third-order valence-corrected chi connectivity index (χ3v) is 3.26. The molecule has 2 atom stereocenters. The Morgan fingerprint density at radius 1 is 1.60 bits per heavy atom. The average Bonchev–Trinajstić information content (AvgIpc) is 2.59. The van der Waals surface area contributed by atoms with E-state index in [0.29, 0.717) is 12.5 Å². The number of hydrogen-bond donors (Lipinski definition) is 1. The molecular weight excluding hydrogens is 190 g/mol. The van der Waals surface area contributed by atoms with Gasteiger partial charge in [0.05, 0.1) is 11.8 Å². The minimum atomic E-state index is -0.572. The van der Waals surface area contributed by atoms with Gasteiger partial charge >= 0.3 is 0 Å². The lowest BCUT2D eigenvalue weighted by Gasteiger charge is -2.21. The topological polar surface area (TPSA) is 41.3 Å². The van der Waals surface area contributed by atoms with Crippen molar-refractivity contribution in [3.05, 3.63) is 18.0 Å². The molecule has 1 saturated heterocycles. The first-order valence-corrected chi connectivity index (χ1v) is 5.39. The highest BCUT2D eigenvalue weighted by atomic mass is 16.3. The number of rotatable bonds is 2. The van der Waals surface area contributed by atoms with E-state index in [9.17, 15) is 5.11 Å². The number of aliphatic hydroxyl groups is 1. The fourth-order valence-corrected chi connectivity index (χ4v) is 2.46. The van der Waals surface area contributed by atoms with Gasteiger partial charge in [-0.05, 0) is 26.0 Å². The fourth-order valence-electron chi connectivity index (χ4n) is 2.46. The van der Waals surface area contributed by atoms with Crippen molar-refractivity contribution in [1.29, 1.82) is 0 Å². The summed E-state index contributed by atoms with van der Waals surface area (Å²) in [6.07, 6.45) is 5.36. The Balaban J connectivity index is 2.06. The van der Waals surface area contributed by atoms with E-state index in [0.717, 1.165) is 18.5 Å². The summed E-state index contributed by atoms with van der Waals surface area (Å²) in [5, 5.41) is 14.5. The van der Waals surface area contributed by atoms with E-state index in [1.807, 2.05) is 19.4 Å². The Kier molecular flexibility index (Phi) is 2.56. The standard InChI is InChI=1S/C11H19N3O/c1-9-4-11(15,8-13(9)2)5-10-6-12-14(3)7-10/h6-7,9,15H,4-5,8H2,1-3H3. The molecule has 1 aliphatic heterocycles. The molecule has 1 aromatic heterocycles. The predicted molar refractivity (Wildman–Crippen MR) is 58.6 cm³/mol. The van der Waals surface area contributed by atoms with Crippen LogP contribution in [0.15, 0.2) is 12.4 Å². The second-order valence-electron chi connectivity index (χ2n) is 4.89. The first-order chi connectivity index (χ1) is 6.98. The van der Waals surface area contributed by atoms with Crippen molar-refractivity contribution in [2.45, 2.75) is 31.4 Å². The van der Waals surface area contributed by atoms with Gasteiger partial charge in [0.2, 0.25) is 0 Å². The highest BCUT2D eigenvalue weighted by Crippen LogP contribution is 2.28. The van der Waals surface area contributed by atoms with Crippen LogP contribution in [0.3, 0.4) is 0 Å². The number of hydrogen-bond acceptors (Lipinski definition) is 3. The highest BCUT2D eigenvalue weighted by Gasteiger charge is 2.38. The smallest absolute Gasteiger partial charge is 0.0830 e. The summed E-state index contributed by atoms with van der Waals surface area (Å²) in [6.45, 7) is 2.91. The van der Waals surface area contributed by atoms with Crippen LogP contribution in [0, 0.1) is 0 Å². The van der Waals surface area contributed by atoms with Gasteiger partial charge < -0.3 is 10.0 Å². The predicted octanol–water partition coefficient (Wildman–Crippen LogP) is 0.418. The van der Waals surface area contributed by atoms with Crippen molar-refractivity contribution >= 4 is 0 Å². The molecule has 1 aliphatic rings. The van der Waals surface area contributed by atoms with Gasteiger partial charge in [0.25, 0.3) is 0 Å². The molecule has 1 aromatic rings. The molecule has 2 heterocycles. The van der Waals surface area contributed by atoms with Crippen molar-refractivity contribution < 1.29 is 5.11 Å². The summed E-state index contributed by atoms with van der Waals surface area (Å²) in [4.78, 5) is 2.20. The Morgan fingerprint density at radius 3 is 2.80 bits per heavy atom. The molecule has 0 spiro atoms. The van der Waals surface area contributed by atoms with Gasteiger partial charge in [-0.3, -0.25) is 4.68 Å². The molecule has 0 bridgehead atoms. The average molecular weight is 209 g/mol. The van der Waals surface area contributed by atoms with Crippen LogP contribution in [-0.2, 0) is 13.5 Å². The first kappa shape index (κ1) is 10.6. The quantitative estimate of drug-likeness (QED) is 0.767. The molecule has 0 radical (unpaired) electrons. The molecule has 4 heteroatoms. The zero-order valence-corrected chi connectivity index (χ0v) is 9.64. The van der Waals surface area contributed by atoms with E-state index in [4.69, 9.17) is 0 Å². The summed E-state index contributed by atoms with van der Waals surface area (Å²) in [7, 11) is 3.96. The molecule has 0 amide bonds. The van der Waals surface area contributed by atoms with Crippen molar-refractivity contribution in [3.8, 4) is 0 Å². The summed E-state index contributed by atoms with van der Waals surface area (Å²) < 4.78 is 1.78. The molecule has 0 saturated carbocycles. The van der Waals surface area contributed by atoms with E-state index in [-0.39, 0.29) is 0 Å². The Hall–Kier alpha value is -0.870. The molecule has 2 rings (SSSR count). The van der Waals surface area contributed by atoms with Crippen LogP contribution in [0.25, 0.3) is 0 Å². The molecule has 0 aromatic carbocycles. The lowest BCUT2D eigenvalue weighted by atomic mass is 9.94. The lowest BCUT2D eigenvalue weighted by Crippen LogP contribution is -2.34. The minimum absolute atomic E-state index is 0.465. The zero-order valence-electron chi connectivity index (χ0n) is 9.64. The van der Waals surface area contributed by atoms with Crippen molar-refractivity contribution in [2.75, 3.05) is 13.6 Å². The molecule has 15 heavy (non-hydrogen) atoms. The van der Waals surface area contributed by atoms with Crippen LogP contribution in [0.1, 0.15) is 18.9 Å². The Morgan fingerprint density at radius 2 is 2.33 bits per heavy atom. The van der Waals surface area contributed by atoms with E-state index in [1.54, 1.807) is 4.68 Å². The number of nitrogens with zero attached hydrogens (tertiary/aromatic N) is 3. The van der Waals surface area contributed by atoms with Crippen molar-refractivity contribution in [2.24, 2.45) is 7.05 Å². The Bertz CT molecular complexity index is 337. The Labute approximate surface area is 90.5 Å². The zero-order chi connectivity index (χ0) is 11.1. The molecule has 84 valence electrons. The monoisotopic (exact) mass is 209 g/mol. The van der Waals surface area contributed by atoms with Crippen LogP contribution >= 0.6 is 0 Å². The van der Waals surface area contributed by atoms with Gasteiger partial charge in [-0.25, -0.2) is 0 Å². The fraction of sp³-hybridized carbons (Fsp3) is 0.727. The van der Waals surface area contributed by atoms with Gasteiger partial charge in [-0.1, -0.05) is 0 Å². The number of aromatic nitrogens is 2. The number of β-amino-alcohol motifs (C(OH)–C–C–N with tert-alkyl or cyclic N) is 1. The molecule has 1 fully saturated rings. The van der Waals surface area contributed by atoms with Crippen LogP contribution in [-0.4, -0.2) is 45.0 Å². The highest BCUT2D eigenvalue weighted by molar-refractivity contribution is 5.10. The van der Waals surface area contributed by atoms with Gasteiger partial charge in [0, 0.05) is 32.3 Å². The number of likely N-dealkylation sites (N-methyl/N-ethyl adjacent to an activating group) is 1. The number of likely N-dealkylation sites (tertiary alicyclic amines) is 1. The maximum absolute atomic E-state index is 10.4. The summed E-state index contributed by atoms with van der Waals surface area (Å²) in [6, 6.07) is 0.465. The van der Waals surface area contributed by atoms with Gasteiger partial charge in [0.15, 0.2) is 0 Å². The van der Waals surface area contributed by atoms with E-state index in [2.05, 4.69) is 24.0 Å². The van der Waals surface area contributed by atoms with E-state index < -0.39 is 5.60 Å². The van der Waals surface area contributed by atoms with Crippen LogP contribution < -0.4 is 0 Å². The lowest BCUT2D eigenvalue weighted by molar-refractivity contribution is 0.0520. The maximum atomic E-state index is 10.4. The third kappa shape index (κ3) is 2.21. The van der Waals surface area contributed by atoms with Crippen molar-refractivity contribution in [1.82, 2.24) is 14.7 Å².